The summed E-state index contributed by atoms with van der Waals surface area (Å²) in [5.74, 6) is -1.56. The van der Waals surface area contributed by atoms with Crippen LogP contribution in [0.5, 0.6) is 11.5 Å². The van der Waals surface area contributed by atoms with Crippen molar-refractivity contribution in [3.8, 4) is 11.5 Å². The van der Waals surface area contributed by atoms with Crippen LogP contribution in [0.4, 0.5) is 0 Å². The van der Waals surface area contributed by atoms with E-state index in [2.05, 4.69) is 4.29 Å². The van der Waals surface area contributed by atoms with Gasteiger partial charge in [0.15, 0.2) is 11.5 Å². The maximum absolute atomic E-state index is 11.6. The number of hydrogen-bond donors (Lipinski definition) is 2. The molecule has 100 valence electrons. The predicted octanol–water partition coefficient (Wildman–Crippen LogP) is 3.10. The maximum Gasteiger partial charge on any atom is 0.360 e. The van der Waals surface area contributed by atoms with Gasteiger partial charge in [-0.3, -0.25) is 0 Å². The van der Waals surface area contributed by atoms with E-state index in [-0.39, 0.29) is 11.3 Å². The number of benzene rings is 1. The van der Waals surface area contributed by atoms with E-state index < -0.39 is 11.7 Å². The maximum atomic E-state index is 11.6. The fraction of sp³-hybridized carbons (Fsp3) is 0.462. The summed E-state index contributed by atoms with van der Waals surface area (Å²) in [7, 11) is 0. The average molecular weight is 273 g/mol. The summed E-state index contributed by atoms with van der Waals surface area (Å²) in [5, 5.41) is 19.9. The number of aromatic hydroxyl groups is 2. The lowest BCUT2D eigenvalue weighted by Gasteiger charge is -2.18. The molecule has 1 aromatic rings. The predicted molar refractivity (Wildman–Crippen MR) is 69.2 cm³/mol. The number of halogens is 1. The zero-order valence-electron chi connectivity index (χ0n) is 10.7. The van der Waals surface area contributed by atoms with E-state index in [0.29, 0.717) is 30.4 Å². The first kappa shape index (κ1) is 14.6. The Morgan fingerprint density at radius 2 is 1.50 bits per heavy atom. The Bertz CT molecular complexity index is 469. The van der Waals surface area contributed by atoms with E-state index >= 15 is 0 Å². The van der Waals surface area contributed by atoms with Crippen LogP contribution >= 0.6 is 11.9 Å². The van der Waals surface area contributed by atoms with Crippen LogP contribution in [0, 0.1) is 0 Å². The van der Waals surface area contributed by atoms with E-state index in [1.165, 1.54) is 0 Å². The molecule has 1 aromatic carbocycles. The second kappa shape index (κ2) is 5.96. The monoisotopic (exact) mass is 272 g/mol. The SMILES string of the molecule is CCc1c(O)c(O)c(C(=O)OCl)c(CC)c1CC. The van der Waals surface area contributed by atoms with Crippen molar-refractivity contribution >= 4 is 17.8 Å². The van der Waals surface area contributed by atoms with Crippen LogP contribution in [-0.4, -0.2) is 16.2 Å². The van der Waals surface area contributed by atoms with Crippen molar-refractivity contribution < 1.29 is 19.3 Å². The number of phenols is 2. The molecule has 0 saturated carbocycles. The van der Waals surface area contributed by atoms with E-state index in [1.54, 1.807) is 0 Å². The molecule has 0 amide bonds. The summed E-state index contributed by atoms with van der Waals surface area (Å²) < 4.78 is 4.15. The van der Waals surface area contributed by atoms with Gasteiger partial charge in [-0.2, -0.15) is 0 Å². The Labute approximate surface area is 111 Å². The minimum atomic E-state index is -0.848. The molecule has 18 heavy (non-hydrogen) atoms. The van der Waals surface area contributed by atoms with Gasteiger partial charge in [0.25, 0.3) is 0 Å². The number of phenolic OH excluding ortho intramolecular Hbond substituents is 2. The highest BCUT2D eigenvalue weighted by atomic mass is 35.5. The third-order valence-corrected chi connectivity index (χ3v) is 3.25. The van der Waals surface area contributed by atoms with Crippen LogP contribution in [-0.2, 0) is 23.6 Å². The highest BCUT2D eigenvalue weighted by Crippen LogP contribution is 2.40. The van der Waals surface area contributed by atoms with Crippen molar-refractivity contribution in [2.45, 2.75) is 40.0 Å². The molecule has 5 heteroatoms. The Morgan fingerprint density at radius 1 is 1.00 bits per heavy atom. The van der Waals surface area contributed by atoms with Crippen molar-refractivity contribution in [1.82, 2.24) is 0 Å². The first-order chi connectivity index (χ1) is 8.53. The third kappa shape index (κ3) is 2.25. The molecule has 0 aliphatic heterocycles. The van der Waals surface area contributed by atoms with Crippen LogP contribution in [0.15, 0.2) is 0 Å². The molecule has 0 atom stereocenters. The second-order valence-electron chi connectivity index (χ2n) is 3.93. The highest BCUT2D eigenvalue weighted by molar-refractivity contribution is 6.16. The quantitative estimate of drug-likeness (QED) is 0.827. The van der Waals surface area contributed by atoms with Crippen LogP contribution in [0.1, 0.15) is 47.8 Å². The third-order valence-electron chi connectivity index (χ3n) is 3.11. The molecule has 0 spiro atoms. The molecular weight excluding hydrogens is 256 g/mol. The summed E-state index contributed by atoms with van der Waals surface area (Å²) in [5.41, 5.74) is 2.17. The van der Waals surface area contributed by atoms with E-state index in [9.17, 15) is 15.0 Å². The van der Waals surface area contributed by atoms with Gasteiger partial charge in [0.05, 0.1) is 0 Å². The van der Waals surface area contributed by atoms with Gasteiger partial charge in [-0.25, -0.2) is 4.79 Å². The van der Waals surface area contributed by atoms with Crippen LogP contribution in [0.3, 0.4) is 0 Å². The molecule has 0 heterocycles. The fourth-order valence-electron chi connectivity index (χ4n) is 2.34. The topological polar surface area (TPSA) is 66.8 Å². The van der Waals surface area contributed by atoms with Gasteiger partial charge in [-0.15, -0.1) is 0 Å². The normalized spacial score (nSPS) is 10.4. The number of rotatable bonds is 4. The lowest BCUT2D eigenvalue weighted by molar-refractivity contribution is 0.0746. The van der Waals surface area contributed by atoms with E-state index in [1.807, 2.05) is 20.8 Å². The Hall–Kier alpha value is -1.42. The van der Waals surface area contributed by atoms with Gasteiger partial charge in [0, 0.05) is 5.56 Å². The smallest absolute Gasteiger partial charge is 0.360 e. The van der Waals surface area contributed by atoms with Crippen molar-refractivity contribution in [1.29, 1.82) is 0 Å². The first-order valence-corrected chi connectivity index (χ1v) is 6.25. The summed E-state index contributed by atoms with van der Waals surface area (Å²) in [6.07, 6.45) is 1.78. The molecule has 0 aromatic heterocycles. The van der Waals surface area contributed by atoms with Gasteiger partial charge in [0.2, 0.25) is 0 Å². The van der Waals surface area contributed by atoms with E-state index in [4.69, 9.17) is 11.9 Å². The molecule has 4 nitrogen and oxygen atoms in total. The van der Waals surface area contributed by atoms with Gasteiger partial charge in [-0.1, -0.05) is 20.8 Å². The Morgan fingerprint density at radius 3 is 1.89 bits per heavy atom. The summed E-state index contributed by atoms with van der Waals surface area (Å²) in [4.78, 5) is 11.6. The minimum Gasteiger partial charge on any atom is -0.504 e. The highest BCUT2D eigenvalue weighted by Gasteiger charge is 2.26. The molecule has 0 radical (unpaired) electrons. The number of hydrogen-bond acceptors (Lipinski definition) is 4. The number of carbonyl (C=O) groups excluding carboxylic acids is 1. The second-order valence-corrected chi connectivity index (χ2v) is 4.09. The summed E-state index contributed by atoms with van der Waals surface area (Å²) >= 11 is 5.07. The minimum absolute atomic E-state index is 0.0425. The zero-order chi connectivity index (χ0) is 13.9. The van der Waals surface area contributed by atoms with Crippen molar-refractivity contribution in [2.75, 3.05) is 0 Å². The molecule has 0 aliphatic rings. The fourth-order valence-corrected chi connectivity index (χ4v) is 2.41. The Balaban J connectivity index is 3.71. The van der Waals surface area contributed by atoms with Gasteiger partial charge < -0.3 is 14.5 Å². The van der Waals surface area contributed by atoms with Crippen LogP contribution < -0.4 is 0 Å². The number of carbonyl (C=O) groups is 1. The Kier molecular flexibility index (Phi) is 4.84. The molecule has 0 saturated heterocycles. The molecule has 1 rings (SSSR count). The summed E-state index contributed by atoms with van der Waals surface area (Å²) in [6, 6.07) is 0. The van der Waals surface area contributed by atoms with Gasteiger partial charge >= 0.3 is 5.97 Å². The van der Waals surface area contributed by atoms with Gasteiger partial charge in [-0.05, 0) is 30.4 Å². The van der Waals surface area contributed by atoms with Gasteiger partial charge in [0.1, 0.15) is 17.4 Å². The molecular formula is C13H17ClO4. The molecule has 2 N–H and O–H groups in total. The lowest BCUT2D eigenvalue weighted by Crippen LogP contribution is -2.09. The first-order valence-electron chi connectivity index (χ1n) is 5.94. The van der Waals surface area contributed by atoms with Crippen molar-refractivity contribution in [2.24, 2.45) is 0 Å². The zero-order valence-corrected chi connectivity index (χ0v) is 11.5. The van der Waals surface area contributed by atoms with Crippen molar-refractivity contribution in [3.63, 3.8) is 0 Å². The van der Waals surface area contributed by atoms with Crippen LogP contribution in [0.2, 0.25) is 0 Å². The summed E-state index contributed by atoms with van der Waals surface area (Å²) in [6.45, 7) is 5.68. The molecule has 0 fully saturated rings. The average Bonchev–Trinajstić information content (AvgIpc) is 2.39. The molecule has 0 aliphatic carbocycles. The van der Waals surface area contributed by atoms with Crippen LogP contribution in [0.25, 0.3) is 0 Å². The lowest BCUT2D eigenvalue weighted by atomic mass is 9.89. The molecule has 0 bridgehead atoms. The largest absolute Gasteiger partial charge is 0.504 e. The standard InChI is InChI=1S/C13H17ClO4/c1-4-7-8(5-2)10(13(17)18-14)12(16)11(15)9(7)6-3/h15-16H,4-6H2,1-3H3. The van der Waals surface area contributed by atoms with Crippen molar-refractivity contribution in [3.05, 3.63) is 22.3 Å². The van der Waals surface area contributed by atoms with E-state index in [0.717, 1.165) is 5.56 Å². The molecule has 0 unspecified atom stereocenters.